The van der Waals surface area contributed by atoms with Crippen molar-refractivity contribution in [2.45, 2.75) is 50.2 Å². The minimum Gasteiger partial charge on any atom is -0.385 e. The lowest BCUT2D eigenvalue weighted by molar-refractivity contribution is -0.0892. The van der Waals surface area contributed by atoms with Crippen molar-refractivity contribution in [1.29, 1.82) is 0 Å². The van der Waals surface area contributed by atoms with Crippen LogP contribution in [0.3, 0.4) is 0 Å². The largest absolute Gasteiger partial charge is 0.385 e. The predicted molar refractivity (Wildman–Crippen MR) is 70.9 cm³/mol. The molecule has 1 N–H and O–H groups in total. The van der Waals surface area contributed by atoms with Crippen LogP contribution in [-0.2, 0) is 14.2 Å². The number of ether oxygens (including phenoxy) is 3. The Labute approximate surface area is 110 Å². The van der Waals surface area contributed by atoms with E-state index in [-0.39, 0.29) is 5.60 Å². The van der Waals surface area contributed by atoms with Crippen molar-refractivity contribution in [3.8, 4) is 0 Å². The lowest BCUT2D eigenvalue weighted by atomic mass is 9.89. The smallest absolute Gasteiger partial charge is 0.0951 e. The van der Waals surface area contributed by atoms with E-state index in [9.17, 15) is 0 Å². The van der Waals surface area contributed by atoms with Crippen LogP contribution in [0.1, 0.15) is 38.5 Å². The molecule has 0 saturated carbocycles. The van der Waals surface area contributed by atoms with Gasteiger partial charge >= 0.3 is 0 Å². The first-order chi connectivity index (χ1) is 8.85. The van der Waals surface area contributed by atoms with Gasteiger partial charge in [0.05, 0.1) is 12.2 Å². The first-order valence-corrected chi connectivity index (χ1v) is 7.29. The first-order valence-electron chi connectivity index (χ1n) is 7.29. The van der Waals surface area contributed by atoms with Gasteiger partial charge in [0.1, 0.15) is 0 Å². The molecule has 1 spiro atoms. The fourth-order valence-electron chi connectivity index (χ4n) is 2.92. The Hall–Kier alpha value is -0.160. The number of unbranched alkanes of at least 4 members (excludes halogenated alkanes) is 2. The van der Waals surface area contributed by atoms with E-state index in [4.69, 9.17) is 14.2 Å². The van der Waals surface area contributed by atoms with E-state index >= 15 is 0 Å². The van der Waals surface area contributed by atoms with Crippen LogP contribution < -0.4 is 5.32 Å². The first kappa shape index (κ1) is 14.3. The van der Waals surface area contributed by atoms with Crippen molar-refractivity contribution >= 4 is 0 Å². The third-order valence-corrected chi connectivity index (χ3v) is 4.02. The molecule has 2 rings (SSSR count). The van der Waals surface area contributed by atoms with E-state index < -0.39 is 0 Å². The van der Waals surface area contributed by atoms with Crippen LogP contribution in [0.4, 0.5) is 0 Å². The summed E-state index contributed by atoms with van der Waals surface area (Å²) in [6, 6.07) is 0.614. The minimum absolute atomic E-state index is 0.0337. The Kier molecular flexibility index (Phi) is 5.89. The molecular formula is C14H27NO3. The van der Waals surface area contributed by atoms with Gasteiger partial charge in [0.25, 0.3) is 0 Å². The summed E-state index contributed by atoms with van der Waals surface area (Å²) >= 11 is 0. The Morgan fingerprint density at radius 2 is 2.22 bits per heavy atom. The van der Waals surface area contributed by atoms with Crippen LogP contribution in [0.15, 0.2) is 0 Å². The SMILES string of the molecule is COCCCCCNC1CCOC2(CCOC2)C1. The van der Waals surface area contributed by atoms with Gasteiger partial charge in [-0.25, -0.2) is 0 Å². The average Bonchev–Trinajstić information content (AvgIpc) is 2.82. The van der Waals surface area contributed by atoms with Crippen molar-refractivity contribution in [3.05, 3.63) is 0 Å². The van der Waals surface area contributed by atoms with Gasteiger partial charge in [-0.1, -0.05) is 0 Å². The van der Waals surface area contributed by atoms with Crippen molar-refractivity contribution in [2.24, 2.45) is 0 Å². The van der Waals surface area contributed by atoms with E-state index in [0.717, 1.165) is 52.2 Å². The summed E-state index contributed by atoms with van der Waals surface area (Å²) in [5.41, 5.74) is 0.0337. The van der Waals surface area contributed by atoms with Gasteiger partial charge < -0.3 is 19.5 Å². The quantitative estimate of drug-likeness (QED) is 0.705. The fraction of sp³-hybridized carbons (Fsp3) is 1.00. The van der Waals surface area contributed by atoms with Crippen LogP contribution in [0, 0.1) is 0 Å². The van der Waals surface area contributed by atoms with Crippen LogP contribution in [0.25, 0.3) is 0 Å². The molecule has 0 aromatic rings. The molecule has 2 atom stereocenters. The maximum Gasteiger partial charge on any atom is 0.0951 e. The van der Waals surface area contributed by atoms with Crippen molar-refractivity contribution in [3.63, 3.8) is 0 Å². The summed E-state index contributed by atoms with van der Waals surface area (Å²) in [5.74, 6) is 0. The summed E-state index contributed by atoms with van der Waals surface area (Å²) in [6.45, 7) is 4.54. The van der Waals surface area contributed by atoms with Gasteiger partial charge in [-0.05, 0) is 38.6 Å². The highest BCUT2D eigenvalue weighted by atomic mass is 16.6. The molecule has 2 saturated heterocycles. The van der Waals surface area contributed by atoms with E-state index in [2.05, 4.69) is 5.32 Å². The molecule has 2 aliphatic rings. The lowest BCUT2D eigenvalue weighted by Crippen LogP contribution is -2.47. The molecule has 4 heteroatoms. The second-order valence-electron chi connectivity index (χ2n) is 5.53. The molecule has 0 radical (unpaired) electrons. The molecule has 0 amide bonds. The van der Waals surface area contributed by atoms with Gasteiger partial charge in [0, 0.05) is 39.4 Å². The number of nitrogens with one attached hydrogen (secondary N) is 1. The van der Waals surface area contributed by atoms with E-state index in [1.165, 1.54) is 19.3 Å². The maximum atomic E-state index is 5.93. The monoisotopic (exact) mass is 257 g/mol. The summed E-state index contributed by atoms with van der Waals surface area (Å²) < 4.78 is 16.5. The number of hydrogen-bond acceptors (Lipinski definition) is 4. The summed E-state index contributed by atoms with van der Waals surface area (Å²) in [6.07, 6.45) is 6.98. The molecule has 0 aliphatic carbocycles. The van der Waals surface area contributed by atoms with Gasteiger partial charge in [0.2, 0.25) is 0 Å². The molecule has 4 nitrogen and oxygen atoms in total. The maximum absolute atomic E-state index is 5.93. The Balaban J connectivity index is 1.58. The number of methoxy groups -OCH3 is 1. The summed E-state index contributed by atoms with van der Waals surface area (Å²) in [5, 5.41) is 3.67. The highest BCUT2D eigenvalue weighted by molar-refractivity contribution is 4.92. The zero-order valence-electron chi connectivity index (χ0n) is 11.6. The van der Waals surface area contributed by atoms with Crippen LogP contribution in [0.5, 0.6) is 0 Å². The molecule has 0 aromatic heterocycles. The Bertz CT molecular complexity index is 229. The highest BCUT2D eigenvalue weighted by Gasteiger charge is 2.40. The zero-order chi connectivity index (χ0) is 12.7. The van der Waals surface area contributed by atoms with Crippen LogP contribution >= 0.6 is 0 Å². The number of rotatable bonds is 7. The lowest BCUT2D eigenvalue weighted by Gasteiger charge is -2.37. The fourth-order valence-corrected chi connectivity index (χ4v) is 2.92. The van der Waals surface area contributed by atoms with E-state index in [1.54, 1.807) is 7.11 Å². The molecule has 106 valence electrons. The molecule has 18 heavy (non-hydrogen) atoms. The van der Waals surface area contributed by atoms with Crippen molar-refractivity contribution in [1.82, 2.24) is 5.32 Å². The van der Waals surface area contributed by atoms with Crippen molar-refractivity contribution in [2.75, 3.05) is 40.1 Å². The molecule has 2 fully saturated rings. The third-order valence-electron chi connectivity index (χ3n) is 4.02. The van der Waals surface area contributed by atoms with E-state index in [1.807, 2.05) is 0 Å². The average molecular weight is 257 g/mol. The van der Waals surface area contributed by atoms with Crippen LogP contribution in [-0.4, -0.2) is 51.7 Å². The van der Waals surface area contributed by atoms with Gasteiger partial charge in [-0.3, -0.25) is 0 Å². The minimum atomic E-state index is 0.0337. The van der Waals surface area contributed by atoms with Gasteiger partial charge in [0.15, 0.2) is 0 Å². The second-order valence-corrected chi connectivity index (χ2v) is 5.53. The predicted octanol–water partition coefficient (Wildman–Crippen LogP) is 1.73. The Morgan fingerprint density at radius 1 is 1.28 bits per heavy atom. The summed E-state index contributed by atoms with van der Waals surface area (Å²) in [4.78, 5) is 0. The molecule has 2 heterocycles. The molecule has 0 bridgehead atoms. The third kappa shape index (κ3) is 4.19. The molecule has 0 aromatic carbocycles. The molecule has 2 aliphatic heterocycles. The standard InChI is InChI=1S/C14H27NO3/c1-16-8-4-2-3-7-15-13-5-9-18-14(11-13)6-10-17-12-14/h13,15H,2-12H2,1H3. The van der Waals surface area contributed by atoms with Crippen LogP contribution in [0.2, 0.25) is 0 Å². The van der Waals surface area contributed by atoms with E-state index in [0.29, 0.717) is 6.04 Å². The second kappa shape index (κ2) is 7.43. The molecule has 2 unspecified atom stereocenters. The summed E-state index contributed by atoms with van der Waals surface area (Å²) in [7, 11) is 1.77. The zero-order valence-corrected chi connectivity index (χ0v) is 11.6. The topological polar surface area (TPSA) is 39.7 Å². The highest BCUT2D eigenvalue weighted by Crippen LogP contribution is 2.32. The van der Waals surface area contributed by atoms with Crippen molar-refractivity contribution < 1.29 is 14.2 Å². The normalized spacial score (nSPS) is 32.2. The van der Waals surface area contributed by atoms with Gasteiger partial charge in [-0.2, -0.15) is 0 Å². The number of hydrogen-bond donors (Lipinski definition) is 1. The van der Waals surface area contributed by atoms with Gasteiger partial charge in [-0.15, -0.1) is 0 Å². The Morgan fingerprint density at radius 3 is 3.00 bits per heavy atom. The molecular weight excluding hydrogens is 230 g/mol.